The second kappa shape index (κ2) is 22.0. The summed E-state index contributed by atoms with van der Waals surface area (Å²) in [6.07, 6.45) is 1.28. The molecule has 7 N–H and O–H groups in total. The molecule has 2 aromatic heterocycles. The number of nitrogens with zero attached hydrogens (tertiary/aromatic N) is 2. The smallest absolute Gasteiger partial charge is 0.746 e. The van der Waals surface area contributed by atoms with Gasteiger partial charge < -0.3 is 55.5 Å². The predicted octanol–water partition coefficient (Wildman–Crippen LogP) is 2.29. The number of likely N-dealkylation sites (tertiary alicyclic amines) is 2. The van der Waals surface area contributed by atoms with Crippen LogP contribution in [0.2, 0.25) is 0 Å². The molecule has 2 spiro atoms. The quantitative estimate of drug-likeness (QED) is 0.0501. The summed E-state index contributed by atoms with van der Waals surface area (Å²) in [5.74, 6) is -2.56. The van der Waals surface area contributed by atoms with Gasteiger partial charge in [-0.15, -0.1) is 0 Å². The van der Waals surface area contributed by atoms with E-state index in [4.69, 9.17) is 0 Å². The zero-order valence-electron chi connectivity index (χ0n) is 43.9. The van der Waals surface area contributed by atoms with E-state index < -0.39 is 68.3 Å². The number of carbonyl (C=O) groups excluding carboxylic acids is 7. The summed E-state index contributed by atoms with van der Waals surface area (Å²) in [6.45, 7) is 11.4. The number of rotatable bonds is 13. The first kappa shape index (κ1) is 56.5. The first-order chi connectivity index (χ1) is 36.0. The van der Waals surface area contributed by atoms with Gasteiger partial charge in [0.05, 0.1) is 22.9 Å². The van der Waals surface area contributed by atoms with E-state index in [9.17, 15) is 51.6 Å². The average molecular weight is 1080 g/mol. The molecule has 6 amide bonds. The summed E-state index contributed by atoms with van der Waals surface area (Å²) in [6, 6.07) is 24.9. The van der Waals surface area contributed by atoms with Gasteiger partial charge in [-0.2, -0.15) is 0 Å². The van der Waals surface area contributed by atoms with Crippen LogP contribution in [0.5, 0.6) is 0 Å². The van der Waals surface area contributed by atoms with Crippen molar-refractivity contribution in [2.45, 2.75) is 108 Å². The zero-order chi connectivity index (χ0) is 54.6. The van der Waals surface area contributed by atoms with Crippen LogP contribution in [0.3, 0.4) is 0 Å². The number of aliphatic hydroxyl groups excluding tert-OH is 1. The van der Waals surface area contributed by atoms with Crippen molar-refractivity contribution in [2.75, 3.05) is 23.7 Å². The molecule has 6 aromatic rings. The van der Waals surface area contributed by atoms with Gasteiger partial charge in [0.1, 0.15) is 39.9 Å². The summed E-state index contributed by atoms with van der Waals surface area (Å²) >= 11 is 0. The summed E-state index contributed by atoms with van der Waals surface area (Å²) in [7, 11) is -5.24. The third-order valence-electron chi connectivity index (χ3n) is 15.3. The van der Waals surface area contributed by atoms with Crippen molar-refractivity contribution in [3.8, 4) is 0 Å². The number of anilines is 2. The van der Waals surface area contributed by atoms with E-state index in [-0.39, 0.29) is 97.2 Å². The maximum Gasteiger partial charge on any atom is 1.00 e. The molecule has 0 radical (unpaired) electrons. The fraction of sp³-hybridized carbons (Fsp3) is 0.375. The number of aromatic amines is 2. The maximum absolute atomic E-state index is 14.0. The van der Waals surface area contributed by atoms with Crippen LogP contribution in [0.1, 0.15) is 96.6 Å². The van der Waals surface area contributed by atoms with Crippen LogP contribution in [0.25, 0.3) is 21.8 Å². The van der Waals surface area contributed by atoms with Crippen LogP contribution in [-0.4, -0.2) is 122 Å². The van der Waals surface area contributed by atoms with E-state index in [2.05, 4.69) is 31.2 Å². The third-order valence-corrected chi connectivity index (χ3v) is 16.2. The van der Waals surface area contributed by atoms with Gasteiger partial charge in [0, 0.05) is 46.3 Å². The molecule has 77 heavy (non-hydrogen) atoms. The molecule has 4 aliphatic heterocycles. The van der Waals surface area contributed by atoms with E-state index >= 15 is 0 Å². The molecule has 6 heterocycles. The van der Waals surface area contributed by atoms with Crippen molar-refractivity contribution in [1.82, 2.24) is 30.4 Å². The monoisotopic (exact) mass is 1080 g/mol. The SMILES string of the molecule is Cc1cccc2[nH]c(C(=O)N[C@@H](CC(C)C)C(=O)N3C[C@]4(C[C@H]3C(O)S(=O)(=O)[O-])C(=O)Nc3ccccc34)cc12.Cc1cccc2[nH]c(C(=O)N[C@@H](CC(C)C)C(=O)N3C[C@]4(C[C@H]3C=O)C(=O)Nc3ccccc34)cc12.[Na+]. The Balaban J connectivity index is 0.000000202. The van der Waals surface area contributed by atoms with Crippen molar-refractivity contribution in [1.29, 1.82) is 0 Å². The van der Waals surface area contributed by atoms with Gasteiger partial charge in [0.25, 0.3) is 11.8 Å². The van der Waals surface area contributed by atoms with E-state index in [1.54, 1.807) is 36.4 Å². The Morgan fingerprint density at radius 3 is 1.55 bits per heavy atom. The molecule has 4 aromatic carbocycles. The Labute approximate surface area is 467 Å². The van der Waals surface area contributed by atoms with Crippen molar-refractivity contribution in [2.24, 2.45) is 11.8 Å². The Bertz CT molecular complexity index is 3450. The molecule has 0 aliphatic carbocycles. The van der Waals surface area contributed by atoms with Crippen LogP contribution in [0.4, 0.5) is 11.4 Å². The van der Waals surface area contributed by atoms with Gasteiger partial charge in [-0.3, -0.25) is 28.8 Å². The first-order valence-corrected chi connectivity index (χ1v) is 26.8. The largest absolute Gasteiger partial charge is 1.00 e. The van der Waals surface area contributed by atoms with Gasteiger partial charge >= 0.3 is 29.6 Å². The predicted molar refractivity (Wildman–Crippen MR) is 283 cm³/mol. The zero-order valence-corrected chi connectivity index (χ0v) is 46.7. The minimum Gasteiger partial charge on any atom is -0.746 e. The number of H-pyrrole nitrogens is 2. The average Bonchev–Trinajstić information content (AvgIpc) is 4.36. The first-order valence-electron chi connectivity index (χ1n) is 25.3. The summed E-state index contributed by atoms with van der Waals surface area (Å²) < 4.78 is 35.8. The number of aryl methyl sites for hydroxylation is 2. The molecule has 19 nitrogen and oxygen atoms in total. The Morgan fingerprint density at radius 2 is 1.12 bits per heavy atom. The van der Waals surface area contributed by atoms with Crippen LogP contribution >= 0.6 is 0 Å². The molecular formula is C56H61N8NaO11S. The van der Waals surface area contributed by atoms with Gasteiger partial charge in [-0.05, 0) is 110 Å². The second-order valence-electron chi connectivity index (χ2n) is 21.4. The molecule has 1 unspecified atom stereocenters. The van der Waals surface area contributed by atoms with Crippen LogP contribution < -0.4 is 50.8 Å². The maximum atomic E-state index is 14.0. The fourth-order valence-corrected chi connectivity index (χ4v) is 12.1. The fourth-order valence-electron chi connectivity index (χ4n) is 11.5. The van der Waals surface area contributed by atoms with Gasteiger partial charge in [0.2, 0.25) is 23.6 Å². The number of aromatic nitrogens is 2. The van der Waals surface area contributed by atoms with E-state index in [0.717, 1.165) is 49.7 Å². The van der Waals surface area contributed by atoms with Crippen LogP contribution in [-0.2, 0) is 44.9 Å². The Morgan fingerprint density at radius 1 is 0.688 bits per heavy atom. The number of hydrogen-bond donors (Lipinski definition) is 7. The molecule has 2 fully saturated rings. The number of aldehydes is 1. The van der Waals surface area contributed by atoms with E-state index in [1.165, 1.54) is 4.90 Å². The van der Waals surface area contributed by atoms with Gasteiger partial charge in [-0.1, -0.05) is 88.4 Å². The minimum atomic E-state index is -5.24. The number of aliphatic hydroxyl groups is 1. The number of fused-ring (bicyclic) bond motifs is 6. The number of hydrogen-bond acceptors (Lipinski definition) is 11. The summed E-state index contributed by atoms with van der Waals surface area (Å²) in [5, 5.41) is 23.7. The van der Waals surface area contributed by atoms with Crippen molar-refractivity contribution < 1.29 is 81.2 Å². The number of benzene rings is 4. The molecular weight excluding hydrogens is 1020 g/mol. The standard InChI is InChI=1S/C28H32N4O7S.C28H30N4O4.Na/c1-15(2)11-22(30-24(33)21-12-17-16(3)7-6-10-19(17)29-21)25(34)32-14-28(13-23(32)26(35)40(37,38)39)18-8-4-5-9-20(18)31-27(28)36;1-16(2)11-24(30-25(34)23-12-19-17(3)7-6-10-21(19)29-23)26(35)32-15-28(13-18(32)14-33)20-8-4-5-9-22(20)31-27(28)36;/h4-10,12,15,22-23,26,29,35H,11,13-14H2,1-3H3,(H,30,33)(H,31,36)(H,37,38,39);4-10,12,14,16,18,24,29H,11,13,15H2,1-3H3,(H,30,34)(H,31,36);/q;;+1/p-1/t22-,23-,26?,28-;18-,24-,28-;/m00./s1. The van der Waals surface area contributed by atoms with E-state index in [0.29, 0.717) is 29.1 Å². The number of carbonyl (C=O) groups is 7. The molecule has 10 rings (SSSR count). The molecule has 2 saturated heterocycles. The summed E-state index contributed by atoms with van der Waals surface area (Å²) in [4.78, 5) is 101. The number of amides is 6. The number of para-hydroxylation sites is 2. The van der Waals surface area contributed by atoms with Crippen LogP contribution in [0, 0.1) is 25.7 Å². The number of nitrogens with one attached hydrogen (secondary N) is 6. The van der Waals surface area contributed by atoms with Crippen LogP contribution in [0.15, 0.2) is 97.1 Å². The topological polar surface area (TPSA) is 283 Å². The van der Waals surface area contributed by atoms with E-state index in [1.807, 2.05) is 102 Å². The third kappa shape index (κ3) is 10.7. The molecule has 0 bridgehead atoms. The molecule has 398 valence electrons. The van der Waals surface area contributed by atoms with Crippen molar-refractivity contribution in [3.05, 3.63) is 131 Å². The summed E-state index contributed by atoms with van der Waals surface area (Å²) in [5.41, 5.74) is 2.02. The second-order valence-corrected chi connectivity index (χ2v) is 22.9. The van der Waals surface area contributed by atoms with Gasteiger partial charge in [0.15, 0.2) is 5.44 Å². The van der Waals surface area contributed by atoms with Crippen molar-refractivity contribution >= 4 is 85.0 Å². The molecule has 0 saturated carbocycles. The normalized spacial score (nSPS) is 21.5. The molecule has 21 heteroatoms. The minimum absolute atomic E-state index is 0. The molecule has 4 aliphatic rings. The van der Waals surface area contributed by atoms with Crippen molar-refractivity contribution in [3.63, 3.8) is 0 Å². The molecule has 7 atom stereocenters. The van der Waals surface area contributed by atoms with Gasteiger partial charge in [-0.25, -0.2) is 8.42 Å². The Kier molecular flexibility index (Phi) is 16.1. The Hall–Kier alpha value is -6.68.